The molecule has 3 nitrogen and oxygen atoms in total. The number of nitrogens with zero attached hydrogens (tertiary/aromatic N) is 2. The molecule has 2 N–H and O–H groups in total. The average molecular weight is 328 g/mol. The van der Waals surface area contributed by atoms with Gasteiger partial charge < -0.3 is 5.73 Å². The highest BCUT2D eigenvalue weighted by molar-refractivity contribution is 6.42. The van der Waals surface area contributed by atoms with E-state index in [0.29, 0.717) is 22.6 Å². The third-order valence-corrected chi connectivity index (χ3v) is 5.71. The molecule has 116 valence electrons. The van der Waals surface area contributed by atoms with Gasteiger partial charge in [-0.05, 0) is 31.0 Å². The summed E-state index contributed by atoms with van der Waals surface area (Å²) in [6.07, 6.45) is 3.99. The maximum absolute atomic E-state index is 6.40. The SMILES string of the molecule is NCC(c1cccc(Cl)c1Cl)N1CCN2CCCCC2C1. The van der Waals surface area contributed by atoms with Gasteiger partial charge in [0.25, 0.3) is 0 Å². The van der Waals surface area contributed by atoms with Gasteiger partial charge in [-0.3, -0.25) is 9.80 Å². The van der Waals surface area contributed by atoms with Crippen molar-refractivity contribution in [1.29, 1.82) is 0 Å². The number of rotatable bonds is 3. The summed E-state index contributed by atoms with van der Waals surface area (Å²) in [7, 11) is 0. The van der Waals surface area contributed by atoms with Crippen LogP contribution in [0.5, 0.6) is 0 Å². The Balaban J connectivity index is 1.78. The number of halogens is 2. The monoisotopic (exact) mass is 327 g/mol. The molecule has 2 fully saturated rings. The Bertz CT molecular complexity index is 494. The lowest BCUT2D eigenvalue weighted by atomic mass is 9.97. The summed E-state index contributed by atoms with van der Waals surface area (Å²) in [5, 5.41) is 1.27. The van der Waals surface area contributed by atoms with Gasteiger partial charge >= 0.3 is 0 Å². The van der Waals surface area contributed by atoms with E-state index in [4.69, 9.17) is 28.9 Å². The fourth-order valence-corrected chi connectivity index (χ4v) is 4.15. The molecule has 0 radical (unpaired) electrons. The van der Waals surface area contributed by atoms with E-state index in [0.717, 1.165) is 25.2 Å². The van der Waals surface area contributed by atoms with Crippen LogP contribution in [0.2, 0.25) is 10.0 Å². The van der Waals surface area contributed by atoms with Crippen LogP contribution in [-0.4, -0.2) is 48.6 Å². The quantitative estimate of drug-likeness (QED) is 0.925. The predicted molar refractivity (Wildman–Crippen MR) is 89.0 cm³/mol. The van der Waals surface area contributed by atoms with Crippen LogP contribution in [0.3, 0.4) is 0 Å². The van der Waals surface area contributed by atoms with Gasteiger partial charge in [-0.1, -0.05) is 41.8 Å². The van der Waals surface area contributed by atoms with E-state index in [1.165, 1.54) is 25.8 Å². The van der Waals surface area contributed by atoms with Gasteiger partial charge in [0.05, 0.1) is 10.0 Å². The molecule has 0 amide bonds. The lowest BCUT2D eigenvalue weighted by Gasteiger charge is -2.46. The van der Waals surface area contributed by atoms with Crippen molar-refractivity contribution >= 4 is 23.2 Å². The van der Waals surface area contributed by atoms with Gasteiger partial charge in [-0.2, -0.15) is 0 Å². The van der Waals surface area contributed by atoms with Crippen LogP contribution in [0.1, 0.15) is 30.9 Å². The van der Waals surface area contributed by atoms with E-state index < -0.39 is 0 Å². The van der Waals surface area contributed by atoms with Crippen LogP contribution in [0.4, 0.5) is 0 Å². The second-order valence-electron chi connectivity index (χ2n) is 6.08. The second kappa shape index (κ2) is 6.84. The summed E-state index contributed by atoms with van der Waals surface area (Å²) in [5.74, 6) is 0. The van der Waals surface area contributed by atoms with Crippen molar-refractivity contribution in [2.24, 2.45) is 5.73 Å². The van der Waals surface area contributed by atoms with Gasteiger partial charge in [0, 0.05) is 38.3 Å². The van der Waals surface area contributed by atoms with E-state index in [1.54, 1.807) is 0 Å². The molecule has 2 atom stereocenters. The molecule has 2 unspecified atom stereocenters. The third-order valence-electron chi connectivity index (χ3n) is 4.87. The Labute approximate surface area is 137 Å². The first kappa shape index (κ1) is 15.6. The summed E-state index contributed by atoms with van der Waals surface area (Å²) < 4.78 is 0. The van der Waals surface area contributed by atoms with Gasteiger partial charge in [-0.15, -0.1) is 0 Å². The first-order valence-corrected chi connectivity index (χ1v) is 8.58. The minimum atomic E-state index is 0.167. The molecule has 2 saturated heterocycles. The Morgan fingerprint density at radius 1 is 1.19 bits per heavy atom. The minimum Gasteiger partial charge on any atom is -0.329 e. The Morgan fingerprint density at radius 2 is 2.05 bits per heavy atom. The molecule has 2 heterocycles. The van der Waals surface area contributed by atoms with Crippen molar-refractivity contribution in [3.63, 3.8) is 0 Å². The van der Waals surface area contributed by atoms with Crippen molar-refractivity contribution in [2.45, 2.75) is 31.3 Å². The van der Waals surface area contributed by atoms with Gasteiger partial charge in [0.2, 0.25) is 0 Å². The highest BCUT2D eigenvalue weighted by Gasteiger charge is 2.32. The molecular formula is C16H23Cl2N3. The lowest BCUT2D eigenvalue weighted by Crippen LogP contribution is -2.56. The smallest absolute Gasteiger partial charge is 0.0640 e. The molecule has 3 rings (SSSR count). The fourth-order valence-electron chi connectivity index (χ4n) is 3.71. The van der Waals surface area contributed by atoms with Crippen LogP contribution < -0.4 is 5.73 Å². The molecule has 0 saturated carbocycles. The first-order chi connectivity index (χ1) is 10.2. The Kier molecular flexibility index (Phi) is 5.07. The maximum atomic E-state index is 6.40. The van der Waals surface area contributed by atoms with Gasteiger partial charge in [0.1, 0.15) is 0 Å². The number of hydrogen-bond donors (Lipinski definition) is 1. The molecular weight excluding hydrogens is 305 g/mol. The first-order valence-electron chi connectivity index (χ1n) is 7.82. The molecule has 0 bridgehead atoms. The van der Waals surface area contributed by atoms with Gasteiger partial charge in [0.15, 0.2) is 0 Å². The summed E-state index contributed by atoms with van der Waals surface area (Å²) in [5.41, 5.74) is 7.13. The zero-order valence-electron chi connectivity index (χ0n) is 12.3. The van der Waals surface area contributed by atoms with Crippen molar-refractivity contribution in [1.82, 2.24) is 9.80 Å². The molecule has 21 heavy (non-hydrogen) atoms. The number of nitrogens with two attached hydrogens (primary N) is 1. The number of hydrogen-bond acceptors (Lipinski definition) is 3. The normalized spacial score (nSPS) is 25.6. The number of piperazine rings is 1. The minimum absolute atomic E-state index is 0.167. The number of piperidine rings is 1. The van der Waals surface area contributed by atoms with E-state index in [1.807, 2.05) is 12.1 Å². The molecule has 0 aromatic heterocycles. The van der Waals surface area contributed by atoms with Crippen LogP contribution in [0.25, 0.3) is 0 Å². The number of fused-ring (bicyclic) bond motifs is 1. The third kappa shape index (κ3) is 3.22. The highest BCUT2D eigenvalue weighted by atomic mass is 35.5. The van der Waals surface area contributed by atoms with Crippen molar-refractivity contribution in [3.8, 4) is 0 Å². The van der Waals surface area contributed by atoms with E-state index in [2.05, 4.69) is 15.9 Å². The summed E-state index contributed by atoms with van der Waals surface area (Å²) in [6.45, 7) is 5.11. The topological polar surface area (TPSA) is 32.5 Å². The maximum Gasteiger partial charge on any atom is 0.0640 e. The Morgan fingerprint density at radius 3 is 2.86 bits per heavy atom. The molecule has 5 heteroatoms. The van der Waals surface area contributed by atoms with Gasteiger partial charge in [-0.25, -0.2) is 0 Å². The molecule has 1 aromatic carbocycles. The predicted octanol–water partition coefficient (Wildman–Crippen LogP) is 3.16. The molecule has 0 spiro atoms. The Hall–Kier alpha value is -0.320. The van der Waals surface area contributed by atoms with Crippen LogP contribution in [0, 0.1) is 0 Å². The lowest BCUT2D eigenvalue weighted by molar-refractivity contribution is 0.0286. The van der Waals surface area contributed by atoms with Crippen molar-refractivity contribution in [2.75, 3.05) is 32.7 Å². The molecule has 2 aliphatic heterocycles. The zero-order chi connectivity index (χ0) is 14.8. The highest BCUT2D eigenvalue weighted by Crippen LogP contribution is 2.34. The average Bonchev–Trinajstić information content (AvgIpc) is 2.52. The van der Waals surface area contributed by atoms with Crippen molar-refractivity contribution < 1.29 is 0 Å². The summed E-state index contributed by atoms with van der Waals surface area (Å²) >= 11 is 12.6. The summed E-state index contributed by atoms with van der Waals surface area (Å²) in [4.78, 5) is 5.12. The van der Waals surface area contributed by atoms with E-state index in [9.17, 15) is 0 Å². The van der Waals surface area contributed by atoms with Crippen LogP contribution >= 0.6 is 23.2 Å². The zero-order valence-corrected chi connectivity index (χ0v) is 13.8. The summed E-state index contributed by atoms with van der Waals surface area (Å²) in [6, 6.07) is 6.70. The largest absolute Gasteiger partial charge is 0.329 e. The van der Waals surface area contributed by atoms with E-state index in [-0.39, 0.29) is 6.04 Å². The molecule has 0 aliphatic carbocycles. The van der Waals surface area contributed by atoms with Crippen LogP contribution in [-0.2, 0) is 0 Å². The standard InChI is InChI=1S/C16H23Cl2N3/c17-14-6-3-5-13(16(14)18)15(10-19)21-9-8-20-7-2-1-4-12(20)11-21/h3,5-6,12,15H,1-2,4,7-11,19H2. The molecule has 1 aromatic rings. The number of benzene rings is 1. The molecule has 2 aliphatic rings. The van der Waals surface area contributed by atoms with Crippen molar-refractivity contribution in [3.05, 3.63) is 33.8 Å². The fraction of sp³-hybridized carbons (Fsp3) is 0.625. The second-order valence-corrected chi connectivity index (χ2v) is 6.86. The van der Waals surface area contributed by atoms with E-state index >= 15 is 0 Å². The van der Waals surface area contributed by atoms with Crippen LogP contribution in [0.15, 0.2) is 18.2 Å².